The molecule has 3 aromatic carbocycles. The molecule has 6 atom stereocenters. The first-order chi connectivity index (χ1) is 31.8. The number of imidazole rings is 2. The number of hydrogen-bond donors (Lipinski definition) is 6. The number of nitrogens with two attached hydrogens (primary N) is 1. The first kappa shape index (κ1) is 44.5. The van der Waals surface area contributed by atoms with Crippen molar-refractivity contribution < 1.29 is 33.7 Å². The van der Waals surface area contributed by atoms with E-state index in [0.29, 0.717) is 36.2 Å². The number of aliphatic hydroxyl groups excluding tert-OH is 1. The van der Waals surface area contributed by atoms with E-state index in [0.717, 1.165) is 75.9 Å². The third-order valence-electron chi connectivity index (χ3n) is 13.2. The molecule has 3 aliphatic rings. The Kier molecular flexibility index (Phi) is 12.3. The minimum atomic E-state index is -1.25. The standard InChI is InChI=1S/C49H58N10O7/c1-26(2)41(55-48(62)64-5)45(60)57-18-8-12-37(57)43-51-24-34(53-43)28-15-17-36-31(20-28)22-39-33-16-14-29(23-40(33)66-47(59(36)39)30-10-7-11-32(50)21-30)35-25-52-44(54-35)38-13-9-19-58(38)46(61)42(27(3)4)56-49(63)65-6/h7,10-11,14-17,20-27,37-38,41-42,47-48,55,62H,8-9,12-13,18-19,50H2,1-6H3,(H,51,53)(H,52,54)(H,56,63). The maximum atomic E-state index is 13.8. The molecule has 17 heteroatoms. The van der Waals surface area contributed by atoms with Crippen molar-refractivity contribution in [3.05, 3.63) is 96.3 Å². The molecule has 3 amide bonds. The van der Waals surface area contributed by atoms with Gasteiger partial charge in [0.15, 0.2) is 0 Å². The summed E-state index contributed by atoms with van der Waals surface area (Å²) in [4.78, 5) is 60.0. The highest BCUT2D eigenvalue weighted by Crippen LogP contribution is 2.46. The number of H-pyrrole nitrogens is 2. The Morgan fingerprint density at radius 2 is 1.44 bits per heavy atom. The second-order valence-electron chi connectivity index (χ2n) is 18.1. The fourth-order valence-corrected chi connectivity index (χ4v) is 9.73. The number of benzene rings is 3. The van der Waals surface area contributed by atoms with Crippen molar-refractivity contribution in [3.8, 4) is 39.5 Å². The molecule has 6 unspecified atom stereocenters. The molecule has 6 aromatic rings. The van der Waals surface area contributed by atoms with Crippen LogP contribution in [-0.4, -0.2) is 103 Å². The summed E-state index contributed by atoms with van der Waals surface area (Å²) in [6.07, 6.45) is 4.35. The number of likely N-dealkylation sites (tertiary alicyclic amines) is 2. The summed E-state index contributed by atoms with van der Waals surface area (Å²) < 4.78 is 18.9. The summed E-state index contributed by atoms with van der Waals surface area (Å²) in [6.45, 7) is 8.83. The van der Waals surface area contributed by atoms with E-state index in [2.05, 4.69) is 55.5 Å². The smallest absolute Gasteiger partial charge is 0.407 e. The fourth-order valence-electron chi connectivity index (χ4n) is 9.73. The molecule has 2 fully saturated rings. The topological polar surface area (TPSA) is 218 Å². The molecule has 2 saturated heterocycles. The van der Waals surface area contributed by atoms with Crippen LogP contribution < -0.4 is 21.1 Å². The van der Waals surface area contributed by atoms with Gasteiger partial charge in [0.25, 0.3) is 0 Å². The van der Waals surface area contributed by atoms with Gasteiger partial charge in [0.2, 0.25) is 24.5 Å². The number of nitrogens with zero attached hydrogens (tertiary/aromatic N) is 5. The second kappa shape index (κ2) is 18.3. The Balaban J connectivity index is 1.01. The number of anilines is 1. The molecule has 7 N–H and O–H groups in total. The molecule has 0 aliphatic carbocycles. The SMILES string of the molecule is COC(=O)NC(C(=O)N1CCCC1c1ncc(-c2ccc3c(c2)OC(c2cccc(N)c2)n2c-3cc3cc(-c4cnc(C5CCCN5C(=O)C(NC(O)OC)C(C)C)[nH]4)ccc32)[nH]1)C(C)C. The molecule has 0 radical (unpaired) electrons. The van der Waals surface area contributed by atoms with E-state index < -0.39 is 30.8 Å². The number of hydrogen-bond acceptors (Lipinski definition) is 11. The summed E-state index contributed by atoms with van der Waals surface area (Å²) in [5.74, 6) is 1.61. The van der Waals surface area contributed by atoms with Gasteiger partial charge in [-0.25, -0.2) is 14.8 Å². The number of amides is 3. The molecule has 0 bridgehead atoms. The van der Waals surface area contributed by atoms with Crippen LogP contribution in [0.5, 0.6) is 5.75 Å². The van der Waals surface area contributed by atoms with Crippen molar-refractivity contribution in [2.24, 2.45) is 11.8 Å². The number of aromatic amines is 2. The van der Waals surface area contributed by atoms with Crippen LogP contribution in [0, 0.1) is 11.8 Å². The molecule has 3 aromatic heterocycles. The van der Waals surface area contributed by atoms with Crippen molar-refractivity contribution in [2.75, 3.05) is 33.0 Å². The molecule has 0 spiro atoms. The van der Waals surface area contributed by atoms with Crippen LogP contribution in [-0.2, 0) is 19.1 Å². The van der Waals surface area contributed by atoms with Gasteiger partial charge in [-0.3, -0.25) is 14.9 Å². The van der Waals surface area contributed by atoms with E-state index in [1.165, 1.54) is 14.2 Å². The summed E-state index contributed by atoms with van der Waals surface area (Å²) >= 11 is 0. The summed E-state index contributed by atoms with van der Waals surface area (Å²) in [5, 5.41) is 16.8. The Morgan fingerprint density at radius 1 is 0.818 bits per heavy atom. The Bertz CT molecular complexity index is 2760. The molecule has 17 nitrogen and oxygen atoms in total. The maximum Gasteiger partial charge on any atom is 0.407 e. The zero-order valence-electron chi connectivity index (χ0n) is 38.1. The van der Waals surface area contributed by atoms with Gasteiger partial charge < -0.3 is 54.7 Å². The highest BCUT2D eigenvalue weighted by molar-refractivity contribution is 5.93. The number of nitrogen functional groups attached to an aromatic ring is 1. The predicted octanol–water partition coefficient (Wildman–Crippen LogP) is 6.85. The van der Waals surface area contributed by atoms with Gasteiger partial charge in [-0.15, -0.1) is 0 Å². The minimum Gasteiger partial charge on any atom is -0.465 e. The normalized spacial score (nSPS) is 19.4. The van der Waals surface area contributed by atoms with Crippen LogP contribution >= 0.6 is 0 Å². The van der Waals surface area contributed by atoms with Crippen molar-refractivity contribution >= 4 is 34.5 Å². The van der Waals surface area contributed by atoms with Crippen LogP contribution in [0.15, 0.2) is 79.1 Å². The van der Waals surface area contributed by atoms with Gasteiger partial charge in [0, 0.05) is 53.5 Å². The molecular weight excluding hydrogens is 841 g/mol. The lowest BCUT2D eigenvalue weighted by Crippen LogP contribution is -2.52. The van der Waals surface area contributed by atoms with Crippen molar-refractivity contribution in [1.82, 2.24) is 44.9 Å². The van der Waals surface area contributed by atoms with E-state index >= 15 is 0 Å². The number of ether oxygens (including phenoxy) is 3. The number of rotatable bonds is 13. The molecule has 6 heterocycles. The number of aliphatic hydroxyl groups is 1. The number of carbonyl (C=O) groups excluding carboxylic acids is 3. The van der Waals surface area contributed by atoms with Gasteiger partial charge in [-0.05, 0) is 80.0 Å². The predicted molar refractivity (Wildman–Crippen MR) is 248 cm³/mol. The van der Waals surface area contributed by atoms with Gasteiger partial charge in [-0.2, -0.15) is 0 Å². The van der Waals surface area contributed by atoms with Crippen LogP contribution in [0.4, 0.5) is 10.5 Å². The lowest BCUT2D eigenvalue weighted by atomic mass is 10.0. The van der Waals surface area contributed by atoms with Gasteiger partial charge >= 0.3 is 6.09 Å². The largest absolute Gasteiger partial charge is 0.465 e. The zero-order valence-corrected chi connectivity index (χ0v) is 38.1. The molecule has 66 heavy (non-hydrogen) atoms. The van der Waals surface area contributed by atoms with Gasteiger partial charge in [0.05, 0.1) is 60.2 Å². The number of nitrogens with one attached hydrogen (secondary N) is 4. The number of fused-ring (bicyclic) bond motifs is 5. The molecule has 346 valence electrons. The lowest BCUT2D eigenvalue weighted by molar-refractivity contribution is -0.145. The van der Waals surface area contributed by atoms with E-state index in [-0.39, 0.29) is 35.7 Å². The average molecular weight is 899 g/mol. The highest BCUT2D eigenvalue weighted by atomic mass is 16.6. The first-order valence-electron chi connectivity index (χ1n) is 22.7. The summed E-state index contributed by atoms with van der Waals surface area (Å²) in [6, 6.07) is 20.5. The fraction of sp³-hybridized carbons (Fsp3) is 0.408. The van der Waals surface area contributed by atoms with Crippen molar-refractivity contribution in [1.29, 1.82) is 0 Å². The molecule has 9 rings (SSSR count). The number of aromatic nitrogens is 5. The van der Waals surface area contributed by atoms with Gasteiger partial charge in [0.1, 0.15) is 23.4 Å². The Morgan fingerprint density at radius 3 is 2.05 bits per heavy atom. The van der Waals surface area contributed by atoms with E-state index in [9.17, 15) is 19.5 Å². The zero-order chi connectivity index (χ0) is 46.4. The third-order valence-corrected chi connectivity index (χ3v) is 13.2. The van der Waals surface area contributed by atoms with E-state index in [1.807, 2.05) is 75.2 Å². The first-order valence-corrected chi connectivity index (χ1v) is 22.7. The summed E-state index contributed by atoms with van der Waals surface area (Å²) in [5.41, 5.74) is 14.2. The third kappa shape index (κ3) is 8.37. The average Bonchev–Trinajstić information content (AvgIpc) is 4.17. The van der Waals surface area contributed by atoms with Crippen molar-refractivity contribution in [3.63, 3.8) is 0 Å². The van der Waals surface area contributed by atoms with E-state index in [1.54, 1.807) is 11.1 Å². The Hall–Kier alpha value is -6.69. The van der Waals surface area contributed by atoms with Gasteiger partial charge in [-0.1, -0.05) is 52.0 Å². The maximum absolute atomic E-state index is 13.8. The lowest BCUT2D eigenvalue weighted by Gasteiger charge is -2.31. The molecule has 3 aliphatic heterocycles. The quantitative estimate of drug-likeness (QED) is 0.0520. The monoisotopic (exact) mass is 898 g/mol. The number of alkyl carbamates (subject to hydrolysis) is 1. The van der Waals surface area contributed by atoms with Crippen LogP contribution in [0.1, 0.15) is 88.9 Å². The van der Waals surface area contributed by atoms with E-state index in [4.69, 9.17) is 29.9 Å². The number of methoxy groups -OCH3 is 2. The van der Waals surface area contributed by atoms with Crippen LogP contribution in [0.2, 0.25) is 0 Å². The summed E-state index contributed by atoms with van der Waals surface area (Å²) in [7, 11) is 2.67. The van der Waals surface area contributed by atoms with Crippen LogP contribution in [0.3, 0.4) is 0 Å². The highest BCUT2D eigenvalue weighted by Gasteiger charge is 2.39. The second-order valence-corrected chi connectivity index (χ2v) is 18.1. The minimum absolute atomic E-state index is 0.0740. The molecular formula is C49H58N10O7. The number of carbonyl (C=O) groups is 3. The van der Waals surface area contributed by atoms with Crippen molar-refractivity contribution in [2.45, 2.75) is 90.2 Å². The molecule has 0 saturated carbocycles. The Labute approximate surface area is 383 Å². The van der Waals surface area contributed by atoms with Crippen LogP contribution in [0.25, 0.3) is 44.7 Å².